The van der Waals surface area contributed by atoms with Gasteiger partial charge >= 0.3 is 0 Å². The Hall–Kier alpha value is -8.83. The fraction of sp³-hybridized carbons (Fsp3) is 0.120. The molecule has 0 saturated carbocycles. The van der Waals surface area contributed by atoms with Crippen molar-refractivity contribution in [2.45, 2.75) is 4.90 Å². The zero-order valence-corrected chi connectivity index (χ0v) is 39.7. The van der Waals surface area contributed by atoms with Crippen LogP contribution < -0.4 is 41.4 Å². The summed E-state index contributed by atoms with van der Waals surface area (Å²) >= 11 is 0. The normalized spacial score (nSPS) is 10.4. The number of ether oxygens (including phenoxy) is 4. The van der Waals surface area contributed by atoms with Crippen LogP contribution in [0.1, 0.15) is 0 Å². The lowest BCUT2D eigenvalue weighted by atomic mass is 10.2. The highest BCUT2D eigenvalue weighted by molar-refractivity contribution is 7.85. The second kappa shape index (κ2) is 28.0. The Labute approximate surface area is 414 Å². The van der Waals surface area contributed by atoms with E-state index < -0.39 is 21.8 Å². The molecule has 7 rings (SSSR count). The SMILES string of the molecule is C=CC(=O)Nc1cccc(Nc2nc(Nc3ccc(OCCOC)cc3)ncc2F)c1.C=CC(=O)Nc1cccc(Nc2nc(Nc3ccc(OCCOC)cc3)ncc2F)c1.O=S(=O)(O)c1ccccc1. The van der Waals surface area contributed by atoms with Crippen LogP contribution in [-0.2, 0) is 29.2 Å². The van der Waals surface area contributed by atoms with Crippen molar-refractivity contribution in [3.63, 3.8) is 0 Å². The van der Waals surface area contributed by atoms with Gasteiger partial charge in [0.1, 0.15) is 24.7 Å². The second-order valence-corrected chi connectivity index (χ2v) is 15.8. The van der Waals surface area contributed by atoms with Gasteiger partial charge in [-0.15, -0.1) is 0 Å². The summed E-state index contributed by atoms with van der Waals surface area (Å²) in [6.45, 7) is 8.74. The molecule has 2 heterocycles. The monoisotopic (exact) mass is 1000 g/mol. The number of hydrogen-bond acceptors (Lipinski definition) is 16. The number of anilines is 10. The summed E-state index contributed by atoms with van der Waals surface area (Å²) in [5.41, 5.74) is 3.59. The average molecular weight is 1010 g/mol. The molecule has 19 nitrogen and oxygen atoms in total. The molecule has 22 heteroatoms. The van der Waals surface area contributed by atoms with E-state index in [1.807, 2.05) is 0 Å². The van der Waals surface area contributed by atoms with Crippen molar-refractivity contribution >= 4 is 79.6 Å². The summed E-state index contributed by atoms with van der Waals surface area (Å²) in [6.07, 6.45) is 4.48. The van der Waals surface area contributed by atoms with Crippen molar-refractivity contribution in [3.05, 3.63) is 177 Å². The summed E-state index contributed by atoms with van der Waals surface area (Å²) in [4.78, 5) is 39.2. The first-order valence-electron chi connectivity index (χ1n) is 21.4. The van der Waals surface area contributed by atoms with E-state index >= 15 is 0 Å². The van der Waals surface area contributed by atoms with Crippen molar-refractivity contribution in [2.24, 2.45) is 0 Å². The molecule has 7 aromatic rings. The zero-order chi connectivity index (χ0) is 51.7. The number of methoxy groups -OCH3 is 2. The van der Waals surface area contributed by atoms with Crippen LogP contribution in [0.5, 0.6) is 11.5 Å². The van der Waals surface area contributed by atoms with Crippen LogP contribution in [0.25, 0.3) is 0 Å². The van der Waals surface area contributed by atoms with Gasteiger partial charge in [0.25, 0.3) is 10.1 Å². The number of nitrogens with zero attached hydrogens (tertiary/aromatic N) is 4. The number of rotatable bonds is 21. The summed E-state index contributed by atoms with van der Waals surface area (Å²) in [6, 6.07) is 35.4. The lowest BCUT2D eigenvalue weighted by Gasteiger charge is -2.11. The zero-order valence-electron chi connectivity index (χ0n) is 38.8. The maximum atomic E-state index is 14.2. The molecule has 0 spiro atoms. The minimum Gasteiger partial charge on any atom is -0.491 e. The quantitative estimate of drug-likeness (QED) is 0.0201. The molecule has 0 fully saturated rings. The van der Waals surface area contributed by atoms with Gasteiger partial charge in [-0.25, -0.2) is 18.7 Å². The Kier molecular flexibility index (Phi) is 21.0. The van der Waals surface area contributed by atoms with Crippen LogP contribution in [0.3, 0.4) is 0 Å². The van der Waals surface area contributed by atoms with E-state index in [1.54, 1.807) is 129 Å². The third-order valence-corrected chi connectivity index (χ3v) is 9.89. The molecule has 0 bridgehead atoms. The van der Waals surface area contributed by atoms with E-state index in [2.05, 4.69) is 65.0 Å². The standard InChI is InChI=1S/2C22H22FN5O3.C6H6O3S/c2*1-3-20(29)25-16-5-4-6-17(13-16)26-21-19(23)14-24-22(28-21)27-15-7-9-18(10-8-15)31-12-11-30-2;7-10(8,9)6-4-2-1-3-5-6/h2*3-10,13-14H,1,11-12H2,2H3,(H,25,29)(H2,24,26,27,28);1-5H,(H,7,8,9). The number of aromatic nitrogens is 4. The molecule has 2 aromatic heterocycles. The van der Waals surface area contributed by atoms with Crippen LogP contribution >= 0.6 is 0 Å². The molecule has 0 radical (unpaired) electrons. The van der Waals surface area contributed by atoms with Gasteiger partial charge in [0.2, 0.25) is 23.7 Å². The van der Waals surface area contributed by atoms with Gasteiger partial charge in [0.05, 0.1) is 30.5 Å². The molecule has 72 heavy (non-hydrogen) atoms. The second-order valence-electron chi connectivity index (χ2n) is 14.3. The highest BCUT2D eigenvalue weighted by Gasteiger charge is 2.12. The first kappa shape index (κ1) is 54.1. The smallest absolute Gasteiger partial charge is 0.294 e. The molecule has 0 aliphatic rings. The Morgan fingerprint density at radius 2 is 0.958 bits per heavy atom. The first-order chi connectivity index (χ1) is 34.7. The van der Waals surface area contributed by atoms with Crippen molar-refractivity contribution in [1.29, 1.82) is 0 Å². The van der Waals surface area contributed by atoms with Crippen LogP contribution in [0.2, 0.25) is 0 Å². The van der Waals surface area contributed by atoms with Gasteiger partial charge in [0.15, 0.2) is 23.3 Å². The van der Waals surface area contributed by atoms with Crippen molar-refractivity contribution in [2.75, 3.05) is 72.5 Å². The van der Waals surface area contributed by atoms with Crippen LogP contribution in [-0.4, -0.2) is 85.4 Å². The van der Waals surface area contributed by atoms with E-state index in [0.29, 0.717) is 72.1 Å². The largest absolute Gasteiger partial charge is 0.491 e. The van der Waals surface area contributed by atoms with Crippen molar-refractivity contribution < 1.29 is 50.3 Å². The Morgan fingerprint density at radius 3 is 1.32 bits per heavy atom. The predicted octanol–water partition coefficient (Wildman–Crippen LogP) is 9.44. The molecule has 0 saturated heterocycles. The molecule has 0 aliphatic heterocycles. The molecule has 0 unspecified atom stereocenters. The Balaban J connectivity index is 0.000000224. The molecule has 5 aromatic carbocycles. The van der Waals surface area contributed by atoms with Crippen LogP contribution in [0.4, 0.5) is 66.4 Å². The van der Waals surface area contributed by atoms with Gasteiger partial charge in [-0.2, -0.15) is 18.4 Å². The number of hydrogen-bond donors (Lipinski definition) is 7. The maximum Gasteiger partial charge on any atom is 0.294 e. The minimum absolute atomic E-state index is 0.00998. The van der Waals surface area contributed by atoms with E-state index in [4.69, 9.17) is 23.5 Å². The molecule has 0 atom stereocenters. The molecular formula is C50H50F2N10O9S. The fourth-order valence-electron chi connectivity index (χ4n) is 5.64. The number of carbonyl (C=O) groups excluding carboxylic acids is 2. The highest BCUT2D eigenvalue weighted by atomic mass is 32.2. The summed E-state index contributed by atoms with van der Waals surface area (Å²) in [5.74, 6) is -0.101. The minimum atomic E-state index is -4.00. The molecule has 2 amide bonds. The topological polar surface area (TPSA) is 249 Å². The van der Waals surface area contributed by atoms with Gasteiger partial charge in [-0.3, -0.25) is 14.1 Å². The van der Waals surface area contributed by atoms with Gasteiger partial charge in [-0.1, -0.05) is 43.5 Å². The van der Waals surface area contributed by atoms with Crippen LogP contribution in [0, 0.1) is 11.6 Å². The number of halogens is 2. The lowest BCUT2D eigenvalue weighted by Crippen LogP contribution is -2.07. The lowest BCUT2D eigenvalue weighted by molar-refractivity contribution is -0.112. The maximum absolute atomic E-state index is 14.2. The summed E-state index contributed by atoms with van der Waals surface area (Å²) in [7, 11) is -0.781. The van der Waals surface area contributed by atoms with E-state index in [-0.39, 0.29) is 40.2 Å². The van der Waals surface area contributed by atoms with Gasteiger partial charge < -0.3 is 50.8 Å². The predicted molar refractivity (Wildman–Crippen MR) is 272 cm³/mol. The van der Waals surface area contributed by atoms with Gasteiger partial charge in [0, 0.05) is 48.3 Å². The van der Waals surface area contributed by atoms with Gasteiger partial charge in [-0.05, 0) is 109 Å². The van der Waals surface area contributed by atoms with Crippen molar-refractivity contribution in [1.82, 2.24) is 19.9 Å². The van der Waals surface area contributed by atoms with E-state index in [0.717, 1.165) is 12.4 Å². The summed E-state index contributed by atoms with van der Waals surface area (Å²) in [5, 5.41) is 17.1. The number of carbonyl (C=O) groups is 2. The number of nitrogens with one attached hydrogen (secondary N) is 6. The van der Waals surface area contributed by atoms with Crippen molar-refractivity contribution in [3.8, 4) is 11.5 Å². The number of benzene rings is 5. The fourth-order valence-corrected chi connectivity index (χ4v) is 6.15. The third kappa shape index (κ3) is 18.6. The van der Waals surface area contributed by atoms with Crippen LogP contribution in [0.15, 0.2) is 170 Å². The molecule has 0 aliphatic carbocycles. The molecular weight excluding hydrogens is 955 g/mol. The van der Waals surface area contributed by atoms with E-state index in [1.165, 1.54) is 24.3 Å². The highest BCUT2D eigenvalue weighted by Crippen LogP contribution is 2.26. The Morgan fingerprint density at radius 1 is 0.556 bits per heavy atom. The summed E-state index contributed by atoms with van der Waals surface area (Å²) < 4.78 is 78.6. The number of amides is 2. The first-order valence-corrected chi connectivity index (χ1v) is 22.9. The van der Waals surface area contributed by atoms with E-state index in [9.17, 15) is 26.8 Å². The third-order valence-electron chi connectivity index (χ3n) is 9.02. The molecule has 374 valence electrons. The Bertz CT molecular complexity index is 2830. The average Bonchev–Trinajstić information content (AvgIpc) is 3.38. The molecule has 7 N–H and O–H groups in total.